The minimum atomic E-state index is -0.453. The SMILES string of the molecule is CC1NCCC1C(=O)Nc1cc(F)cc(Cl)c1. The second-order valence-electron chi connectivity index (χ2n) is 4.29. The molecule has 0 bridgehead atoms. The van der Waals surface area contributed by atoms with E-state index in [1.165, 1.54) is 18.2 Å². The third-order valence-corrected chi connectivity index (χ3v) is 3.21. The van der Waals surface area contributed by atoms with Gasteiger partial charge in [-0.2, -0.15) is 0 Å². The number of hydrogen-bond acceptors (Lipinski definition) is 2. The molecule has 1 aromatic carbocycles. The summed E-state index contributed by atoms with van der Waals surface area (Å²) in [5.74, 6) is -0.619. The van der Waals surface area contributed by atoms with Gasteiger partial charge in [-0.1, -0.05) is 11.6 Å². The predicted octanol–water partition coefficient (Wildman–Crippen LogP) is 2.42. The van der Waals surface area contributed by atoms with Crippen molar-refractivity contribution in [3.63, 3.8) is 0 Å². The fourth-order valence-corrected chi connectivity index (χ4v) is 2.30. The van der Waals surface area contributed by atoms with Crippen LogP contribution in [-0.4, -0.2) is 18.5 Å². The Bertz CT molecular complexity index is 418. The Labute approximate surface area is 104 Å². The molecular formula is C12H14ClFN2O. The number of nitrogens with one attached hydrogen (secondary N) is 2. The van der Waals surface area contributed by atoms with Crippen molar-refractivity contribution in [3.8, 4) is 0 Å². The van der Waals surface area contributed by atoms with Gasteiger partial charge in [-0.15, -0.1) is 0 Å². The number of carbonyl (C=O) groups excluding carboxylic acids is 1. The van der Waals surface area contributed by atoms with E-state index >= 15 is 0 Å². The fraction of sp³-hybridized carbons (Fsp3) is 0.417. The quantitative estimate of drug-likeness (QED) is 0.853. The number of anilines is 1. The third-order valence-electron chi connectivity index (χ3n) is 2.99. The topological polar surface area (TPSA) is 41.1 Å². The van der Waals surface area contributed by atoms with Gasteiger partial charge in [-0.3, -0.25) is 4.79 Å². The molecule has 5 heteroatoms. The lowest BCUT2D eigenvalue weighted by Crippen LogP contribution is -2.32. The number of amides is 1. The summed E-state index contributed by atoms with van der Waals surface area (Å²) in [7, 11) is 0. The molecule has 0 saturated carbocycles. The molecule has 0 aromatic heterocycles. The molecule has 1 aliphatic rings. The molecule has 1 fully saturated rings. The molecule has 0 aliphatic carbocycles. The van der Waals surface area contributed by atoms with Crippen LogP contribution in [-0.2, 0) is 4.79 Å². The van der Waals surface area contributed by atoms with E-state index < -0.39 is 5.82 Å². The Morgan fingerprint density at radius 1 is 1.53 bits per heavy atom. The van der Waals surface area contributed by atoms with Crippen molar-refractivity contribution < 1.29 is 9.18 Å². The van der Waals surface area contributed by atoms with Crippen LogP contribution in [0.4, 0.5) is 10.1 Å². The van der Waals surface area contributed by atoms with Gasteiger partial charge >= 0.3 is 0 Å². The highest BCUT2D eigenvalue weighted by Gasteiger charge is 2.29. The lowest BCUT2D eigenvalue weighted by molar-refractivity contribution is -0.119. The zero-order valence-electron chi connectivity index (χ0n) is 9.47. The van der Waals surface area contributed by atoms with Crippen molar-refractivity contribution in [2.75, 3.05) is 11.9 Å². The largest absolute Gasteiger partial charge is 0.326 e. The molecule has 1 heterocycles. The van der Waals surface area contributed by atoms with Crippen LogP contribution in [0.5, 0.6) is 0 Å². The molecule has 1 amide bonds. The monoisotopic (exact) mass is 256 g/mol. The van der Waals surface area contributed by atoms with E-state index in [0.717, 1.165) is 13.0 Å². The van der Waals surface area contributed by atoms with Crippen LogP contribution in [0.2, 0.25) is 5.02 Å². The number of benzene rings is 1. The van der Waals surface area contributed by atoms with Gasteiger partial charge in [0.15, 0.2) is 0 Å². The van der Waals surface area contributed by atoms with E-state index in [1.807, 2.05) is 6.92 Å². The molecule has 2 atom stereocenters. The van der Waals surface area contributed by atoms with Gasteiger partial charge in [0.25, 0.3) is 0 Å². The van der Waals surface area contributed by atoms with Gasteiger partial charge in [0, 0.05) is 16.8 Å². The van der Waals surface area contributed by atoms with E-state index in [0.29, 0.717) is 5.69 Å². The van der Waals surface area contributed by atoms with Crippen molar-refractivity contribution in [2.45, 2.75) is 19.4 Å². The van der Waals surface area contributed by atoms with Crippen LogP contribution in [0.15, 0.2) is 18.2 Å². The lowest BCUT2D eigenvalue weighted by atomic mass is 10.0. The average Bonchev–Trinajstić information content (AvgIpc) is 2.62. The average molecular weight is 257 g/mol. The Morgan fingerprint density at radius 3 is 2.88 bits per heavy atom. The van der Waals surface area contributed by atoms with Crippen LogP contribution in [0.1, 0.15) is 13.3 Å². The number of rotatable bonds is 2. The van der Waals surface area contributed by atoms with Crippen LogP contribution < -0.4 is 10.6 Å². The summed E-state index contributed by atoms with van der Waals surface area (Å²) in [6.45, 7) is 2.80. The van der Waals surface area contributed by atoms with Gasteiger partial charge in [0.05, 0.1) is 5.92 Å². The van der Waals surface area contributed by atoms with Crippen LogP contribution in [0, 0.1) is 11.7 Å². The summed E-state index contributed by atoms with van der Waals surface area (Å²) >= 11 is 5.72. The fourth-order valence-electron chi connectivity index (χ4n) is 2.08. The first-order valence-corrected chi connectivity index (χ1v) is 5.94. The maximum atomic E-state index is 13.1. The first kappa shape index (κ1) is 12.3. The lowest BCUT2D eigenvalue weighted by Gasteiger charge is -2.15. The zero-order valence-corrected chi connectivity index (χ0v) is 10.2. The molecular weight excluding hydrogens is 243 g/mol. The summed E-state index contributed by atoms with van der Waals surface area (Å²) in [6, 6.07) is 4.16. The van der Waals surface area contributed by atoms with Gasteiger partial charge in [0.2, 0.25) is 5.91 Å². The number of hydrogen-bond donors (Lipinski definition) is 2. The molecule has 1 saturated heterocycles. The molecule has 2 rings (SSSR count). The summed E-state index contributed by atoms with van der Waals surface area (Å²) in [4.78, 5) is 11.9. The molecule has 2 N–H and O–H groups in total. The standard InChI is InChI=1S/C12H14ClFN2O/c1-7-11(2-3-15-7)12(17)16-10-5-8(13)4-9(14)6-10/h4-7,11,15H,2-3H2,1H3,(H,16,17). The highest BCUT2D eigenvalue weighted by Crippen LogP contribution is 2.21. The van der Waals surface area contributed by atoms with E-state index in [9.17, 15) is 9.18 Å². The summed E-state index contributed by atoms with van der Waals surface area (Å²) in [6.07, 6.45) is 0.802. The molecule has 0 spiro atoms. The van der Waals surface area contributed by atoms with Crippen LogP contribution >= 0.6 is 11.6 Å². The Balaban J connectivity index is 2.07. The second-order valence-corrected chi connectivity index (χ2v) is 4.72. The Morgan fingerprint density at radius 2 is 2.29 bits per heavy atom. The zero-order chi connectivity index (χ0) is 12.4. The molecule has 2 unspecified atom stereocenters. The normalized spacial score (nSPS) is 23.7. The molecule has 1 aromatic rings. The minimum Gasteiger partial charge on any atom is -0.326 e. The summed E-state index contributed by atoms with van der Waals surface area (Å²) < 4.78 is 13.1. The van der Waals surface area contributed by atoms with E-state index in [-0.39, 0.29) is 22.9 Å². The third kappa shape index (κ3) is 2.96. The van der Waals surface area contributed by atoms with Gasteiger partial charge in [-0.05, 0) is 38.1 Å². The predicted molar refractivity (Wildman–Crippen MR) is 65.6 cm³/mol. The highest BCUT2D eigenvalue weighted by molar-refractivity contribution is 6.30. The maximum absolute atomic E-state index is 13.1. The van der Waals surface area contributed by atoms with Crippen molar-refractivity contribution >= 4 is 23.2 Å². The molecule has 1 aliphatic heterocycles. The van der Waals surface area contributed by atoms with Crippen molar-refractivity contribution in [1.82, 2.24) is 5.32 Å². The minimum absolute atomic E-state index is 0.0722. The summed E-state index contributed by atoms with van der Waals surface area (Å²) in [5.41, 5.74) is 0.402. The van der Waals surface area contributed by atoms with Crippen LogP contribution in [0.25, 0.3) is 0 Å². The molecule has 3 nitrogen and oxygen atoms in total. The van der Waals surface area contributed by atoms with Gasteiger partial charge < -0.3 is 10.6 Å². The molecule has 17 heavy (non-hydrogen) atoms. The highest BCUT2D eigenvalue weighted by atomic mass is 35.5. The second kappa shape index (κ2) is 5.02. The molecule has 92 valence electrons. The first-order valence-electron chi connectivity index (χ1n) is 5.56. The van der Waals surface area contributed by atoms with Crippen molar-refractivity contribution in [3.05, 3.63) is 29.0 Å². The Hall–Kier alpha value is -1.13. The first-order chi connectivity index (χ1) is 8.06. The number of carbonyl (C=O) groups is 1. The van der Waals surface area contributed by atoms with Crippen molar-refractivity contribution in [1.29, 1.82) is 0 Å². The maximum Gasteiger partial charge on any atom is 0.229 e. The van der Waals surface area contributed by atoms with E-state index in [1.54, 1.807) is 0 Å². The van der Waals surface area contributed by atoms with Gasteiger partial charge in [0.1, 0.15) is 5.82 Å². The smallest absolute Gasteiger partial charge is 0.229 e. The Kier molecular flexibility index (Phi) is 3.64. The van der Waals surface area contributed by atoms with Crippen molar-refractivity contribution in [2.24, 2.45) is 5.92 Å². The molecule has 0 radical (unpaired) electrons. The van der Waals surface area contributed by atoms with E-state index in [4.69, 9.17) is 11.6 Å². The summed E-state index contributed by atoms with van der Waals surface area (Å²) in [5, 5.41) is 6.17. The van der Waals surface area contributed by atoms with E-state index in [2.05, 4.69) is 10.6 Å². The van der Waals surface area contributed by atoms with Gasteiger partial charge in [-0.25, -0.2) is 4.39 Å². The number of halogens is 2. The van der Waals surface area contributed by atoms with Crippen LogP contribution in [0.3, 0.4) is 0 Å².